The zero-order chi connectivity index (χ0) is 13.7. The van der Waals surface area contributed by atoms with Crippen LogP contribution in [0, 0.1) is 11.7 Å². The van der Waals surface area contributed by atoms with Crippen LogP contribution in [0.25, 0.3) is 0 Å². The third-order valence-corrected chi connectivity index (χ3v) is 3.69. The lowest BCUT2D eigenvalue weighted by atomic mass is 10.0. The molecule has 19 heavy (non-hydrogen) atoms. The lowest BCUT2D eigenvalue weighted by Gasteiger charge is -2.22. The molecular formula is C15H21FN2O. The largest absolute Gasteiger partial charge is 0.316 e. The van der Waals surface area contributed by atoms with Crippen LogP contribution in [0.2, 0.25) is 0 Å². The smallest absolute Gasteiger partial charge is 0.227 e. The number of nitrogens with one attached hydrogen (secondary N) is 1. The van der Waals surface area contributed by atoms with E-state index >= 15 is 0 Å². The molecule has 1 aromatic carbocycles. The Labute approximate surface area is 113 Å². The minimum Gasteiger partial charge on any atom is -0.316 e. The molecule has 2 rings (SSSR count). The molecule has 104 valence electrons. The minimum atomic E-state index is -0.333. The molecule has 0 spiro atoms. The van der Waals surface area contributed by atoms with Gasteiger partial charge in [0.1, 0.15) is 5.82 Å². The summed E-state index contributed by atoms with van der Waals surface area (Å²) in [5, 5.41) is 3.30. The Balaban J connectivity index is 1.96. The second-order valence-corrected chi connectivity index (χ2v) is 4.99. The van der Waals surface area contributed by atoms with Crippen LogP contribution in [0.15, 0.2) is 24.3 Å². The number of benzene rings is 1. The number of rotatable bonds is 5. The fraction of sp³-hybridized carbons (Fsp3) is 0.533. The normalized spacial score (nSPS) is 18.5. The van der Waals surface area contributed by atoms with Crippen molar-refractivity contribution in [2.45, 2.75) is 26.2 Å². The molecule has 1 amide bonds. The van der Waals surface area contributed by atoms with Crippen LogP contribution in [0.1, 0.15) is 26.2 Å². The van der Waals surface area contributed by atoms with Gasteiger partial charge in [0.05, 0.1) is 5.69 Å². The first-order valence-electron chi connectivity index (χ1n) is 6.98. The molecule has 0 aliphatic carbocycles. The number of halogens is 1. The molecule has 1 aliphatic rings. The van der Waals surface area contributed by atoms with Crippen molar-refractivity contribution >= 4 is 11.6 Å². The third kappa shape index (κ3) is 3.53. The Kier molecular flexibility index (Phi) is 4.91. The summed E-state index contributed by atoms with van der Waals surface area (Å²) in [6, 6.07) is 6.45. The van der Waals surface area contributed by atoms with Crippen LogP contribution in [0.5, 0.6) is 0 Å². The number of hydrogen-bond donors (Lipinski definition) is 1. The van der Waals surface area contributed by atoms with E-state index in [9.17, 15) is 9.18 Å². The van der Waals surface area contributed by atoms with Crippen molar-refractivity contribution in [3.05, 3.63) is 30.1 Å². The Morgan fingerprint density at radius 2 is 2.26 bits per heavy atom. The van der Waals surface area contributed by atoms with Gasteiger partial charge in [0, 0.05) is 13.0 Å². The lowest BCUT2D eigenvalue weighted by molar-refractivity contribution is -0.118. The van der Waals surface area contributed by atoms with Gasteiger partial charge < -0.3 is 10.2 Å². The number of nitrogens with zero attached hydrogens (tertiary/aromatic N) is 1. The number of carbonyl (C=O) groups excluding carboxylic acids is 1. The van der Waals surface area contributed by atoms with E-state index in [1.54, 1.807) is 18.2 Å². The van der Waals surface area contributed by atoms with Gasteiger partial charge in [-0.05, 0) is 50.9 Å². The molecule has 3 nitrogen and oxygen atoms in total. The average molecular weight is 264 g/mol. The summed E-state index contributed by atoms with van der Waals surface area (Å²) < 4.78 is 13.7. The molecule has 0 saturated carbocycles. The maximum absolute atomic E-state index is 13.7. The van der Waals surface area contributed by atoms with E-state index in [4.69, 9.17) is 0 Å². The molecule has 1 unspecified atom stereocenters. The first-order valence-corrected chi connectivity index (χ1v) is 6.98. The van der Waals surface area contributed by atoms with E-state index < -0.39 is 0 Å². The Bertz CT molecular complexity index is 430. The molecule has 4 heteroatoms. The molecule has 0 aromatic heterocycles. The van der Waals surface area contributed by atoms with Crippen LogP contribution in [-0.4, -0.2) is 25.5 Å². The Hall–Kier alpha value is -1.42. The summed E-state index contributed by atoms with van der Waals surface area (Å²) in [6.07, 6.45) is 2.52. The van der Waals surface area contributed by atoms with Crippen molar-refractivity contribution in [1.82, 2.24) is 5.32 Å². The quantitative estimate of drug-likeness (QED) is 0.886. The SMILES string of the molecule is CCN(C(=O)CCC1CCNC1)c1ccccc1F. The first-order chi connectivity index (χ1) is 9.22. The number of hydrogen-bond acceptors (Lipinski definition) is 2. The summed E-state index contributed by atoms with van der Waals surface area (Å²) in [4.78, 5) is 13.8. The predicted octanol–water partition coefficient (Wildman–Crippen LogP) is 2.57. The molecule has 1 N–H and O–H groups in total. The number of anilines is 1. The second kappa shape index (κ2) is 6.66. The maximum Gasteiger partial charge on any atom is 0.227 e. The van der Waals surface area contributed by atoms with Gasteiger partial charge in [-0.25, -0.2) is 4.39 Å². The zero-order valence-electron chi connectivity index (χ0n) is 11.4. The molecular weight excluding hydrogens is 243 g/mol. The van der Waals surface area contributed by atoms with Crippen molar-refractivity contribution in [2.75, 3.05) is 24.5 Å². The van der Waals surface area contributed by atoms with E-state index in [0.717, 1.165) is 25.9 Å². The van der Waals surface area contributed by atoms with Crippen LogP contribution < -0.4 is 10.2 Å². The second-order valence-electron chi connectivity index (χ2n) is 4.99. The van der Waals surface area contributed by atoms with E-state index in [1.165, 1.54) is 11.0 Å². The van der Waals surface area contributed by atoms with Crippen LogP contribution in [-0.2, 0) is 4.79 Å². The number of para-hydroxylation sites is 1. The molecule has 1 aliphatic heterocycles. The third-order valence-electron chi connectivity index (χ3n) is 3.69. The highest BCUT2D eigenvalue weighted by Gasteiger charge is 2.20. The van der Waals surface area contributed by atoms with Gasteiger partial charge in [-0.2, -0.15) is 0 Å². The van der Waals surface area contributed by atoms with Crippen molar-refractivity contribution in [2.24, 2.45) is 5.92 Å². The highest BCUT2D eigenvalue weighted by atomic mass is 19.1. The molecule has 0 radical (unpaired) electrons. The lowest BCUT2D eigenvalue weighted by Crippen LogP contribution is -2.31. The highest BCUT2D eigenvalue weighted by molar-refractivity contribution is 5.93. The average Bonchev–Trinajstić information content (AvgIpc) is 2.92. The summed E-state index contributed by atoms with van der Waals surface area (Å²) in [5.74, 6) is 0.267. The van der Waals surface area contributed by atoms with Gasteiger partial charge in [-0.1, -0.05) is 12.1 Å². The van der Waals surface area contributed by atoms with E-state index in [-0.39, 0.29) is 11.7 Å². The fourth-order valence-corrected chi connectivity index (χ4v) is 2.58. The van der Waals surface area contributed by atoms with Crippen LogP contribution in [0.3, 0.4) is 0 Å². The van der Waals surface area contributed by atoms with Gasteiger partial charge in [-0.15, -0.1) is 0 Å². The van der Waals surface area contributed by atoms with Gasteiger partial charge >= 0.3 is 0 Å². The van der Waals surface area contributed by atoms with Crippen LogP contribution >= 0.6 is 0 Å². The first kappa shape index (κ1) is 14.0. The molecule has 1 aromatic rings. The number of carbonyl (C=O) groups is 1. The topological polar surface area (TPSA) is 32.3 Å². The monoisotopic (exact) mass is 264 g/mol. The minimum absolute atomic E-state index is 0.0134. The van der Waals surface area contributed by atoms with Gasteiger partial charge in [-0.3, -0.25) is 4.79 Å². The van der Waals surface area contributed by atoms with Crippen LogP contribution in [0.4, 0.5) is 10.1 Å². The molecule has 1 saturated heterocycles. The summed E-state index contributed by atoms with van der Waals surface area (Å²) in [5.41, 5.74) is 0.388. The summed E-state index contributed by atoms with van der Waals surface area (Å²) in [7, 11) is 0. The van der Waals surface area contributed by atoms with E-state index in [0.29, 0.717) is 24.6 Å². The number of amides is 1. The van der Waals surface area contributed by atoms with Crippen molar-refractivity contribution < 1.29 is 9.18 Å². The standard InChI is InChI=1S/C15H21FN2O/c1-2-18(14-6-4-3-5-13(14)16)15(19)8-7-12-9-10-17-11-12/h3-6,12,17H,2,7-11H2,1H3. The summed E-state index contributed by atoms with van der Waals surface area (Å²) in [6.45, 7) is 4.42. The summed E-state index contributed by atoms with van der Waals surface area (Å²) >= 11 is 0. The molecule has 1 atom stereocenters. The highest BCUT2D eigenvalue weighted by Crippen LogP contribution is 2.21. The van der Waals surface area contributed by atoms with Gasteiger partial charge in [0.15, 0.2) is 0 Å². The van der Waals surface area contributed by atoms with E-state index in [2.05, 4.69) is 5.32 Å². The Morgan fingerprint density at radius 3 is 2.89 bits per heavy atom. The molecule has 0 bridgehead atoms. The predicted molar refractivity (Wildman–Crippen MR) is 74.6 cm³/mol. The van der Waals surface area contributed by atoms with E-state index in [1.807, 2.05) is 6.92 Å². The zero-order valence-corrected chi connectivity index (χ0v) is 11.4. The van der Waals surface area contributed by atoms with Gasteiger partial charge in [0.25, 0.3) is 0 Å². The Morgan fingerprint density at radius 1 is 1.47 bits per heavy atom. The molecule has 1 fully saturated rings. The fourth-order valence-electron chi connectivity index (χ4n) is 2.58. The van der Waals surface area contributed by atoms with Crippen molar-refractivity contribution in [1.29, 1.82) is 0 Å². The molecule has 1 heterocycles. The van der Waals surface area contributed by atoms with Gasteiger partial charge in [0.2, 0.25) is 5.91 Å². The van der Waals surface area contributed by atoms with Crippen molar-refractivity contribution in [3.8, 4) is 0 Å². The van der Waals surface area contributed by atoms with Crippen molar-refractivity contribution in [3.63, 3.8) is 0 Å². The maximum atomic E-state index is 13.7.